The third-order valence-corrected chi connectivity index (χ3v) is 2.71. The predicted octanol–water partition coefficient (Wildman–Crippen LogP) is 3.26. The van der Waals surface area contributed by atoms with Gasteiger partial charge in [0.25, 0.3) is 11.8 Å². The normalized spacial score (nSPS) is 14.4. The second-order valence-electron chi connectivity index (χ2n) is 5.72. The van der Waals surface area contributed by atoms with Gasteiger partial charge in [0.05, 0.1) is 12.2 Å². The van der Waals surface area contributed by atoms with Crippen molar-refractivity contribution >= 4 is 11.8 Å². The van der Waals surface area contributed by atoms with Gasteiger partial charge in [0.1, 0.15) is 5.75 Å². The average Bonchev–Trinajstić information content (AvgIpc) is 2.73. The van der Waals surface area contributed by atoms with Gasteiger partial charge in [-0.05, 0) is 46.8 Å². The Morgan fingerprint density at radius 2 is 1.41 bits per heavy atom. The summed E-state index contributed by atoms with van der Waals surface area (Å²) in [7, 11) is 0. The van der Waals surface area contributed by atoms with E-state index >= 15 is 0 Å². The van der Waals surface area contributed by atoms with E-state index in [9.17, 15) is 9.59 Å². The van der Waals surface area contributed by atoms with Gasteiger partial charge in [-0.15, -0.1) is 0 Å². The molecule has 0 atom stereocenters. The van der Waals surface area contributed by atoms with E-state index in [0.29, 0.717) is 0 Å². The first-order chi connectivity index (χ1) is 10.3. The molecule has 1 saturated heterocycles. The smallest absolute Gasteiger partial charge is 0.254 e. The van der Waals surface area contributed by atoms with E-state index in [2.05, 4.69) is 19.1 Å². The maximum atomic E-state index is 10.9. The SMILES string of the molecule is CC(C)ON1C(=O)CCC1=O.Cc1ccc(OC(C)C)cc1. The van der Waals surface area contributed by atoms with Crippen LogP contribution < -0.4 is 4.74 Å². The molecule has 5 heteroatoms. The first kappa shape index (κ1) is 18.2. The van der Waals surface area contributed by atoms with Crippen LogP contribution in [0.5, 0.6) is 5.75 Å². The molecule has 1 aromatic carbocycles. The molecule has 1 aliphatic rings. The molecule has 0 N–H and O–H groups in total. The summed E-state index contributed by atoms with van der Waals surface area (Å²) in [5.74, 6) is 0.484. The number of hydrogen-bond acceptors (Lipinski definition) is 4. The minimum atomic E-state index is -0.233. The number of carbonyl (C=O) groups excluding carboxylic acids is 2. The summed E-state index contributed by atoms with van der Waals surface area (Å²) >= 11 is 0. The van der Waals surface area contributed by atoms with Crippen LogP contribution in [-0.2, 0) is 14.4 Å². The molecule has 122 valence electrons. The number of amides is 2. The summed E-state index contributed by atoms with van der Waals surface area (Å²) in [5.41, 5.74) is 1.26. The van der Waals surface area contributed by atoms with E-state index in [1.165, 1.54) is 5.56 Å². The van der Waals surface area contributed by atoms with E-state index in [1.54, 1.807) is 13.8 Å². The number of imide groups is 1. The summed E-state index contributed by atoms with van der Waals surface area (Å²) in [6, 6.07) is 8.10. The maximum Gasteiger partial charge on any atom is 0.254 e. The molecule has 0 radical (unpaired) electrons. The number of hydroxylamine groups is 2. The number of rotatable bonds is 4. The summed E-state index contributed by atoms with van der Waals surface area (Å²) in [6.07, 6.45) is 0.704. The quantitative estimate of drug-likeness (QED) is 0.801. The predicted molar refractivity (Wildman–Crippen MR) is 84.3 cm³/mol. The zero-order valence-electron chi connectivity index (χ0n) is 14.0. The van der Waals surface area contributed by atoms with Crippen LogP contribution in [0, 0.1) is 6.92 Å². The fourth-order valence-corrected chi connectivity index (χ4v) is 1.77. The first-order valence-electron chi connectivity index (χ1n) is 7.55. The lowest BCUT2D eigenvalue weighted by atomic mass is 10.2. The van der Waals surface area contributed by atoms with Crippen molar-refractivity contribution < 1.29 is 19.2 Å². The Morgan fingerprint density at radius 1 is 0.909 bits per heavy atom. The highest BCUT2D eigenvalue weighted by molar-refractivity contribution is 6.00. The highest BCUT2D eigenvalue weighted by Crippen LogP contribution is 2.13. The van der Waals surface area contributed by atoms with Crippen LogP contribution in [0.4, 0.5) is 0 Å². The number of hydrogen-bond donors (Lipinski definition) is 0. The summed E-state index contributed by atoms with van der Waals surface area (Å²) in [6.45, 7) is 9.68. The topological polar surface area (TPSA) is 55.8 Å². The molecular formula is C17H25NO4. The van der Waals surface area contributed by atoms with E-state index < -0.39 is 0 Å². The Balaban J connectivity index is 0.000000220. The second-order valence-corrected chi connectivity index (χ2v) is 5.72. The molecule has 22 heavy (non-hydrogen) atoms. The van der Waals surface area contributed by atoms with Crippen molar-refractivity contribution in [3.05, 3.63) is 29.8 Å². The van der Waals surface area contributed by atoms with Gasteiger partial charge < -0.3 is 4.74 Å². The highest BCUT2D eigenvalue weighted by Gasteiger charge is 2.30. The molecule has 1 fully saturated rings. The maximum absolute atomic E-state index is 10.9. The summed E-state index contributed by atoms with van der Waals surface area (Å²) in [4.78, 5) is 26.8. The summed E-state index contributed by atoms with van der Waals surface area (Å²) < 4.78 is 5.47. The minimum Gasteiger partial charge on any atom is -0.491 e. The van der Waals surface area contributed by atoms with Gasteiger partial charge in [-0.2, -0.15) is 5.06 Å². The molecule has 0 aliphatic carbocycles. The number of benzene rings is 1. The number of aryl methyl sites for hydroxylation is 1. The zero-order chi connectivity index (χ0) is 16.7. The number of nitrogens with zero attached hydrogens (tertiary/aromatic N) is 1. The van der Waals surface area contributed by atoms with Crippen molar-refractivity contribution in [2.45, 2.75) is 59.7 Å². The van der Waals surface area contributed by atoms with Gasteiger partial charge >= 0.3 is 0 Å². The Morgan fingerprint density at radius 3 is 1.82 bits per heavy atom. The number of carbonyl (C=O) groups is 2. The lowest BCUT2D eigenvalue weighted by Gasteiger charge is -2.15. The largest absolute Gasteiger partial charge is 0.491 e. The fraction of sp³-hybridized carbons (Fsp3) is 0.529. The molecule has 1 heterocycles. The van der Waals surface area contributed by atoms with Crippen molar-refractivity contribution in [2.24, 2.45) is 0 Å². The fourth-order valence-electron chi connectivity index (χ4n) is 1.77. The van der Waals surface area contributed by atoms with Crippen LogP contribution in [0.15, 0.2) is 24.3 Å². The van der Waals surface area contributed by atoms with E-state index in [1.807, 2.05) is 26.0 Å². The Hall–Kier alpha value is -1.88. The van der Waals surface area contributed by atoms with Gasteiger partial charge in [-0.3, -0.25) is 14.4 Å². The summed E-state index contributed by atoms with van der Waals surface area (Å²) in [5, 5.41) is 0.866. The van der Waals surface area contributed by atoms with Crippen LogP contribution >= 0.6 is 0 Å². The molecule has 0 saturated carbocycles. The molecule has 1 aliphatic heterocycles. The van der Waals surface area contributed by atoms with Gasteiger partial charge in [-0.1, -0.05) is 17.7 Å². The highest BCUT2D eigenvalue weighted by atomic mass is 16.7. The van der Waals surface area contributed by atoms with E-state index in [4.69, 9.17) is 9.57 Å². The molecule has 2 amide bonds. The molecule has 2 rings (SSSR count). The van der Waals surface area contributed by atoms with Crippen LogP contribution in [0.1, 0.15) is 46.1 Å². The van der Waals surface area contributed by atoms with Crippen molar-refractivity contribution in [1.29, 1.82) is 0 Å². The third kappa shape index (κ3) is 6.26. The molecule has 0 aromatic heterocycles. The van der Waals surface area contributed by atoms with Crippen molar-refractivity contribution in [3.8, 4) is 5.75 Å². The van der Waals surface area contributed by atoms with Crippen LogP contribution in [0.2, 0.25) is 0 Å². The Kier molecular flexibility index (Phi) is 7.05. The second kappa shape index (κ2) is 8.54. The third-order valence-electron chi connectivity index (χ3n) is 2.71. The molecule has 5 nitrogen and oxygen atoms in total. The Bertz CT molecular complexity index is 478. The van der Waals surface area contributed by atoms with Crippen LogP contribution in [-0.4, -0.2) is 29.1 Å². The van der Waals surface area contributed by atoms with Crippen LogP contribution in [0.3, 0.4) is 0 Å². The van der Waals surface area contributed by atoms with Crippen molar-refractivity contribution in [2.75, 3.05) is 0 Å². The standard InChI is InChI=1S/C10H14O.C7H11NO3/c1-8(2)11-10-6-4-9(3)5-7-10;1-5(2)11-8-6(9)3-4-7(8)10/h4-8H,1-3H3;5H,3-4H2,1-2H3. The van der Waals surface area contributed by atoms with E-state index in [0.717, 1.165) is 10.8 Å². The molecular weight excluding hydrogens is 282 g/mol. The van der Waals surface area contributed by atoms with Gasteiger partial charge in [-0.25, -0.2) is 0 Å². The lowest BCUT2D eigenvalue weighted by molar-refractivity contribution is -0.198. The average molecular weight is 307 g/mol. The monoisotopic (exact) mass is 307 g/mol. The minimum absolute atomic E-state index is 0.124. The van der Waals surface area contributed by atoms with Gasteiger partial charge in [0.15, 0.2) is 0 Å². The Labute approximate surface area is 132 Å². The van der Waals surface area contributed by atoms with Crippen molar-refractivity contribution in [1.82, 2.24) is 5.06 Å². The van der Waals surface area contributed by atoms with Crippen molar-refractivity contribution in [3.63, 3.8) is 0 Å². The molecule has 1 aromatic rings. The molecule has 0 bridgehead atoms. The van der Waals surface area contributed by atoms with Crippen LogP contribution in [0.25, 0.3) is 0 Å². The molecule has 0 spiro atoms. The number of ether oxygens (including phenoxy) is 1. The molecule has 0 unspecified atom stereocenters. The van der Waals surface area contributed by atoms with E-state index in [-0.39, 0.29) is 36.9 Å². The van der Waals surface area contributed by atoms with Gasteiger partial charge in [0.2, 0.25) is 0 Å². The van der Waals surface area contributed by atoms with Gasteiger partial charge in [0, 0.05) is 12.8 Å². The lowest BCUT2D eigenvalue weighted by Crippen LogP contribution is -2.31. The zero-order valence-corrected chi connectivity index (χ0v) is 14.0. The first-order valence-corrected chi connectivity index (χ1v) is 7.55.